The third kappa shape index (κ3) is 6.93. The second-order valence-corrected chi connectivity index (χ2v) is 22.1. The van der Waals surface area contributed by atoms with E-state index in [9.17, 15) is 19.2 Å². The summed E-state index contributed by atoms with van der Waals surface area (Å²) in [4.78, 5) is 74.2. The first-order chi connectivity index (χ1) is 33.9. The Morgan fingerprint density at radius 3 is 1.46 bits per heavy atom. The van der Waals surface area contributed by atoms with E-state index in [2.05, 4.69) is 117 Å². The quantitative estimate of drug-likeness (QED) is 0.0971. The molecule has 0 radical (unpaired) electrons. The number of rotatable bonds is 6. The van der Waals surface area contributed by atoms with Gasteiger partial charge in [0.2, 0.25) is 11.8 Å². The number of urea groups is 2. The number of imidazole rings is 2. The number of piperidine rings is 2. The van der Waals surface area contributed by atoms with Gasteiger partial charge in [-0.2, -0.15) is 0 Å². The highest BCUT2D eigenvalue weighted by atomic mass is 16.2. The van der Waals surface area contributed by atoms with E-state index in [0.717, 1.165) is 122 Å². The zero-order valence-corrected chi connectivity index (χ0v) is 39.9. The number of benzene rings is 4. The van der Waals surface area contributed by atoms with Gasteiger partial charge in [0.1, 0.15) is 23.7 Å². The maximum atomic E-state index is 14.2. The minimum absolute atomic E-state index is 0.0313. The SMILES string of the molecule is CC1C2CCC[C@H]3C[C@@H](c4nc5ccc(-c6cc7ccc6CCc6ccc(c(-c8ccc9nc([C@@H]%10C[C@@H]%11CCCC%12C(C)[C@H](NC(N)=O)C(=O)N%10[C@@H]%12%11)[nH]c9c8)c6)CC7)cc5[nH]4)N(C(=O)[C@H]1NC(N)=O)[C@@H]23. The molecule has 4 saturated heterocycles. The van der Waals surface area contributed by atoms with Crippen molar-refractivity contribution in [3.8, 4) is 22.3 Å². The highest BCUT2D eigenvalue weighted by molar-refractivity contribution is 5.90. The first-order valence-corrected chi connectivity index (χ1v) is 26.0. The number of fused-ring (bicyclic) bond motifs is 2. The number of primary amides is 2. The monoisotopic (exact) mass is 938 g/mol. The molecule has 4 unspecified atom stereocenters. The van der Waals surface area contributed by atoms with Gasteiger partial charge in [0.25, 0.3) is 0 Å². The molecule has 12 atom stereocenters. The molecule has 6 fully saturated rings. The molecule has 6 aromatic rings. The summed E-state index contributed by atoms with van der Waals surface area (Å²) >= 11 is 0. The molecule has 14 nitrogen and oxygen atoms in total. The van der Waals surface area contributed by atoms with Gasteiger partial charge in [0.05, 0.1) is 34.2 Å². The molecule has 6 heterocycles. The number of H-pyrrole nitrogens is 2. The molecule has 2 saturated carbocycles. The highest BCUT2D eigenvalue weighted by Crippen LogP contribution is 2.55. The number of aryl methyl sites for hydroxylation is 4. The molecule has 0 spiro atoms. The molecule has 10 aliphatic rings. The number of nitrogens with zero attached hydrogens (tertiary/aromatic N) is 4. The molecular formula is C56H62N10O4. The standard InChI is InChI=1S/C56H62N10O4/c1-27-37-7-3-5-35-25-45(65(49(35)37)53(67)47(27)63-55(57)69)51-59-41-19-17-33(23-43(41)61-51)39-21-29-9-13-31(39)15-11-30-10-14-32(16-12-29)40(22-30)34-18-20-42-44(24-34)62-52(60-42)46-26-36-6-4-8-38-28(2)48(64-56(58)70)54(68)66(46)50(36)38/h9-10,13-14,17-24,27-28,35-38,45-50H,3-8,11-12,15-16,25-26H2,1-2H3,(H,59,61)(H,60,62)(H3,57,63,69)(H3,58,64,70)/t27?,28?,35-,36-,37?,38?,45-,46-,47-,48-,49+,50+/m0/s1. The number of aromatic amines is 2. The molecular weight excluding hydrogens is 877 g/mol. The number of nitrogens with two attached hydrogens (primary N) is 2. The average Bonchev–Trinajstić information content (AvgIpc) is 4.16. The number of hydrogen-bond acceptors (Lipinski definition) is 6. The molecule has 6 amide bonds. The van der Waals surface area contributed by atoms with Crippen LogP contribution in [0.3, 0.4) is 0 Å². The largest absolute Gasteiger partial charge is 0.352 e. The van der Waals surface area contributed by atoms with E-state index >= 15 is 0 Å². The predicted octanol–water partition coefficient (Wildman–Crippen LogP) is 8.15. The van der Waals surface area contributed by atoms with Gasteiger partial charge in [-0.1, -0.05) is 75.2 Å². The van der Waals surface area contributed by atoms with Gasteiger partial charge >= 0.3 is 12.1 Å². The number of carbonyl (C=O) groups is 4. The van der Waals surface area contributed by atoms with Crippen LogP contribution in [0.1, 0.15) is 111 Å². The number of amides is 6. The fourth-order valence-electron chi connectivity index (χ4n) is 15.2. The van der Waals surface area contributed by atoms with Gasteiger partial charge in [-0.05, 0) is 168 Å². The Labute approximate surface area is 407 Å². The van der Waals surface area contributed by atoms with E-state index in [1.165, 1.54) is 33.4 Å². The van der Waals surface area contributed by atoms with Crippen molar-refractivity contribution in [3.05, 3.63) is 107 Å². The Hall–Kier alpha value is -6.70. The third-order valence-corrected chi connectivity index (χ3v) is 18.4. The van der Waals surface area contributed by atoms with Crippen LogP contribution in [0, 0.1) is 35.5 Å². The maximum absolute atomic E-state index is 14.2. The Balaban J connectivity index is 0.765. The first-order valence-electron chi connectivity index (χ1n) is 26.0. The van der Waals surface area contributed by atoms with Gasteiger partial charge in [0.15, 0.2) is 0 Å². The third-order valence-electron chi connectivity index (χ3n) is 18.4. The number of hydrogen-bond donors (Lipinski definition) is 6. The lowest BCUT2D eigenvalue weighted by molar-refractivity contribution is -0.148. The highest BCUT2D eigenvalue weighted by Gasteiger charge is 2.59. The van der Waals surface area contributed by atoms with Crippen LogP contribution >= 0.6 is 0 Å². The summed E-state index contributed by atoms with van der Waals surface area (Å²) in [7, 11) is 0. The van der Waals surface area contributed by atoms with Crippen LogP contribution in [-0.4, -0.2) is 77.8 Å². The van der Waals surface area contributed by atoms with E-state index in [0.29, 0.717) is 23.7 Å². The van der Waals surface area contributed by atoms with Gasteiger partial charge in [-0.25, -0.2) is 19.6 Å². The first kappa shape index (κ1) is 43.3. The van der Waals surface area contributed by atoms with Crippen molar-refractivity contribution in [2.75, 3.05) is 0 Å². The van der Waals surface area contributed by atoms with Crippen molar-refractivity contribution in [3.63, 3.8) is 0 Å². The molecule has 8 N–H and O–H groups in total. The molecule has 4 aromatic carbocycles. The second-order valence-electron chi connectivity index (χ2n) is 22.1. The zero-order chi connectivity index (χ0) is 47.7. The minimum atomic E-state index is -0.657. The summed E-state index contributed by atoms with van der Waals surface area (Å²) in [6.45, 7) is 4.19. The van der Waals surface area contributed by atoms with E-state index in [4.69, 9.17) is 21.4 Å². The Bertz CT molecular complexity index is 2930. The van der Waals surface area contributed by atoms with E-state index in [1.807, 2.05) is 0 Å². The Kier molecular flexibility index (Phi) is 10.2. The number of nitrogens with one attached hydrogen (secondary N) is 4. The normalized spacial score (nSPS) is 31.1. The predicted molar refractivity (Wildman–Crippen MR) is 267 cm³/mol. The van der Waals surface area contributed by atoms with Crippen molar-refractivity contribution in [2.24, 2.45) is 47.0 Å². The summed E-state index contributed by atoms with van der Waals surface area (Å²) in [6, 6.07) is 24.4. The van der Waals surface area contributed by atoms with E-state index in [-0.39, 0.29) is 47.8 Å². The molecule has 2 aromatic heterocycles. The van der Waals surface area contributed by atoms with Crippen molar-refractivity contribution >= 4 is 45.9 Å². The molecule has 14 heteroatoms. The lowest BCUT2D eigenvalue weighted by Crippen LogP contribution is -2.64. The van der Waals surface area contributed by atoms with Crippen molar-refractivity contribution in [2.45, 2.75) is 127 Å². The smallest absolute Gasteiger partial charge is 0.312 e. The Morgan fingerprint density at radius 1 is 0.586 bits per heavy atom. The maximum Gasteiger partial charge on any atom is 0.312 e. The lowest BCUT2D eigenvalue weighted by Gasteiger charge is -2.49. The Morgan fingerprint density at radius 2 is 1.03 bits per heavy atom. The number of aromatic nitrogens is 4. The summed E-state index contributed by atoms with van der Waals surface area (Å²) in [5.41, 5.74) is 24.8. The van der Waals surface area contributed by atoms with Gasteiger partial charge in [-0.15, -0.1) is 0 Å². The van der Waals surface area contributed by atoms with Crippen LogP contribution in [0.5, 0.6) is 0 Å². The van der Waals surface area contributed by atoms with Gasteiger partial charge < -0.3 is 41.9 Å². The summed E-state index contributed by atoms with van der Waals surface area (Å²) in [6.07, 6.45) is 11.8. The summed E-state index contributed by atoms with van der Waals surface area (Å²) in [5, 5.41) is 5.59. The fraction of sp³-hybridized carbons (Fsp3) is 0.464. The van der Waals surface area contributed by atoms with Crippen LogP contribution < -0.4 is 22.1 Å². The number of carbonyl (C=O) groups excluding carboxylic acids is 4. The topological polar surface area (TPSA) is 208 Å². The molecule has 4 aliphatic heterocycles. The van der Waals surface area contributed by atoms with Crippen molar-refractivity contribution in [1.29, 1.82) is 0 Å². The van der Waals surface area contributed by atoms with Gasteiger partial charge in [0, 0.05) is 12.1 Å². The average molecular weight is 939 g/mol. The van der Waals surface area contributed by atoms with Crippen molar-refractivity contribution in [1.82, 2.24) is 40.4 Å². The fourth-order valence-corrected chi connectivity index (χ4v) is 15.2. The van der Waals surface area contributed by atoms with Crippen molar-refractivity contribution < 1.29 is 19.2 Å². The van der Waals surface area contributed by atoms with Crippen LogP contribution in [0.25, 0.3) is 44.3 Å². The van der Waals surface area contributed by atoms with E-state index in [1.54, 1.807) is 0 Å². The van der Waals surface area contributed by atoms with Crippen LogP contribution in [0.4, 0.5) is 9.59 Å². The molecule has 4 bridgehead atoms. The van der Waals surface area contributed by atoms with Crippen LogP contribution in [0.2, 0.25) is 0 Å². The van der Waals surface area contributed by atoms with Crippen LogP contribution in [-0.2, 0) is 35.3 Å². The summed E-state index contributed by atoms with van der Waals surface area (Å²) in [5.74, 6) is 3.07. The molecule has 360 valence electrons. The van der Waals surface area contributed by atoms with Gasteiger partial charge in [-0.3, -0.25) is 9.59 Å². The molecule has 16 rings (SSSR count). The summed E-state index contributed by atoms with van der Waals surface area (Å²) < 4.78 is 0. The van der Waals surface area contributed by atoms with E-state index < -0.39 is 24.1 Å². The lowest BCUT2D eigenvalue weighted by atomic mass is 9.68. The van der Waals surface area contributed by atoms with Crippen LogP contribution in [0.15, 0.2) is 72.8 Å². The zero-order valence-electron chi connectivity index (χ0n) is 39.9. The molecule has 6 aliphatic carbocycles. The minimum Gasteiger partial charge on any atom is -0.352 e. The molecule has 70 heavy (non-hydrogen) atoms. The second kappa shape index (κ2) is 16.4.